The van der Waals surface area contributed by atoms with Gasteiger partial charge >= 0.3 is 0 Å². The molecule has 1 fully saturated rings. The number of ether oxygens (including phenoxy) is 1. The van der Waals surface area contributed by atoms with Crippen molar-refractivity contribution >= 4 is 17.5 Å². The SMILES string of the molecule is CC(=O)N[C@@H](Cc1cc(F)cc(Cl)c1)[C@H](O)CN[C@H]1CC2(CCC2)Oc2ncc(CC(C)(C)F)cc21. The molecule has 0 bridgehead atoms. The van der Waals surface area contributed by atoms with Crippen molar-refractivity contribution in [3.05, 3.63) is 58.0 Å². The molecule has 196 valence electrons. The first kappa shape index (κ1) is 26.8. The van der Waals surface area contributed by atoms with Crippen LogP contribution in [-0.4, -0.2) is 46.0 Å². The predicted molar refractivity (Wildman–Crippen MR) is 134 cm³/mol. The number of amides is 1. The zero-order valence-corrected chi connectivity index (χ0v) is 21.7. The molecule has 1 amide bonds. The number of nitrogens with one attached hydrogen (secondary N) is 2. The van der Waals surface area contributed by atoms with Crippen LogP contribution >= 0.6 is 11.6 Å². The highest BCUT2D eigenvalue weighted by Gasteiger charge is 2.46. The molecule has 0 radical (unpaired) electrons. The number of carbonyl (C=O) groups excluding carboxylic acids is 1. The van der Waals surface area contributed by atoms with Gasteiger partial charge < -0.3 is 20.5 Å². The number of nitrogens with zero attached hydrogens (tertiary/aromatic N) is 1. The normalized spacial score (nSPS) is 20.1. The van der Waals surface area contributed by atoms with Gasteiger partial charge in [0.2, 0.25) is 11.8 Å². The van der Waals surface area contributed by atoms with E-state index in [-0.39, 0.29) is 42.0 Å². The Balaban J connectivity index is 1.51. The lowest BCUT2D eigenvalue weighted by Crippen LogP contribution is -2.52. The number of rotatable bonds is 9. The lowest BCUT2D eigenvalue weighted by Gasteiger charge is -2.47. The lowest BCUT2D eigenvalue weighted by atomic mass is 9.73. The quantitative estimate of drug-likeness (QED) is 0.449. The van der Waals surface area contributed by atoms with Crippen LogP contribution in [0.3, 0.4) is 0 Å². The van der Waals surface area contributed by atoms with E-state index in [1.165, 1.54) is 32.9 Å². The topological polar surface area (TPSA) is 83.5 Å². The number of hydrogen-bond acceptors (Lipinski definition) is 5. The van der Waals surface area contributed by atoms with Crippen LogP contribution in [0.25, 0.3) is 0 Å². The number of aliphatic hydroxyl groups excluding tert-OH is 1. The standard InChI is InChI=1S/C27H34ClF2N3O3/c1-16(34)33-22(10-17-7-19(28)11-20(29)8-17)24(35)15-31-23-13-27(5-4-6-27)36-25-21(23)9-18(14-32-25)12-26(2,3)30/h7-9,11,14,22-24,31,35H,4-6,10,12-13,15H2,1-3H3,(H,33,34)/t22-,23-,24+/m0/s1. The fraction of sp³-hybridized carbons (Fsp3) is 0.556. The van der Waals surface area contributed by atoms with Gasteiger partial charge in [-0.1, -0.05) is 11.6 Å². The van der Waals surface area contributed by atoms with Gasteiger partial charge in [-0.2, -0.15) is 0 Å². The Bertz CT molecular complexity index is 1080. The molecule has 0 unspecified atom stereocenters. The van der Waals surface area contributed by atoms with Crippen molar-refractivity contribution in [1.82, 2.24) is 15.6 Å². The van der Waals surface area contributed by atoms with Gasteiger partial charge in [0.05, 0.1) is 12.1 Å². The van der Waals surface area contributed by atoms with Crippen LogP contribution < -0.4 is 15.4 Å². The van der Waals surface area contributed by atoms with Gasteiger partial charge in [-0.25, -0.2) is 13.8 Å². The first-order chi connectivity index (χ1) is 16.9. The number of pyridine rings is 1. The molecule has 36 heavy (non-hydrogen) atoms. The van der Waals surface area contributed by atoms with Gasteiger partial charge in [0.15, 0.2) is 0 Å². The molecule has 2 heterocycles. The van der Waals surface area contributed by atoms with Gasteiger partial charge in [-0.05, 0) is 74.9 Å². The summed E-state index contributed by atoms with van der Waals surface area (Å²) < 4.78 is 34.4. The highest BCUT2D eigenvalue weighted by molar-refractivity contribution is 6.30. The molecular formula is C27H34ClF2N3O3. The maximum Gasteiger partial charge on any atom is 0.218 e. The summed E-state index contributed by atoms with van der Waals surface area (Å²) in [6, 6.07) is 5.30. The summed E-state index contributed by atoms with van der Waals surface area (Å²) in [5, 5.41) is 17.5. The van der Waals surface area contributed by atoms with Gasteiger partial charge in [-0.3, -0.25) is 4.79 Å². The molecule has 0 saturated heterocycles. The zero-order chi connectivity index (χ0) is 26.1. The average molecular weight is 522 g/mol. The summed E-state index contributed by atoms with van der Waals surface area (Å²) in [7, 11) is 0. The Kier molecular flexibility index (Phi) is 7.88. The number of carbonyl (C=O) groups is 1. The molecule has 1 aliphatic carbocycles. The summed E-state index contributed by atoms with van der Waals surface area (Å²) in [6.07, 6.45) is 4.81. The van der Waals surface area contributed by atoms with E-state index in [1.807, 2.05) is 6.07 Å². The second-order valence-corrected chi connectivity index (χ2v) is 11.2. The minimum Gasteiger partial charge on any atom is -0.471 e. The summed E-state index contributed by atoms with van der Waals surface area (Å²) in [5.74, 6) is -0.230. The predicted octanol–water partition coefficient (Wildman–Crippen LogP) is 4.61. The van der Waals surface area contributed by atoms with E-state index >= 15 is 0 Å². The molecule has 3 atom stereocenters. The molecule has 4 rings (SSSR count). The largest absolute Gasteiger partial charge is 0.471 e. The average Bonchev–Trinajstić information content (AvgIpc) is 2.73. The molecule has 1 spiro atoms. The summed E-state index contributed by atoms with van der Waals surface area (Å²) in [4.78, 5) is 16.3. The van der Waals surface area contributed by atoms with Crippen LogP contribution in [0.1, 0.15) is 69.2 Å². The maximum absolute atomic E-state index is 14.3. The highest BCUT2D eigenvalue weighted by Crippen LogP contribution is 2.48. The molecule has 3 N–H and O–H groups in total. The Hall–Kier alpha value is -2.29. The first-order valence-electron chi connectivity index (χ1n) is 12.4. The number of aromatic nitrogens is 1. The minimum absolute atomic E-state index is 0.152. The number of benzene rings is 1. The molecule has 2 aromatic rings. The van der Waals surface area contributed by atoms with Crippen molar-refractivity contribution < 1.29 is 23.4 Å². The number of alkyl halides is 1. The van der Waals surface area contributed by atoms with Crippen molar-refractivity contribution in [1.29, 1.82) is 0 Å². The molecule has 2 aliphatic rings. The minimum atomic E-state index is -1.37. The molecule has 1 aromatic heterocycles. The number of fused-ring (bicyclic) bond motifs is 1. The second-order valence-electron chi connectivity index (χ2n) is 10.8. The zero-order valence-electron chi connectivity index (χ0n) is 20.9. The maximum atomic E-state index is 14.3. The highest BCUT2D eigenvalue weighted by atomic mass is 35.5. The molecule has 9 heteroatoms. The third kappa shape index (κ3) is 6.72. The van der Waals surface area contributed by atoms with Crippen LogP contribution in [-0.2, 0) is 17.6 Å². The monoisotopic (exact) mass is 521 g/mol. The summed E-state index contributed by atoms with van der Waals surface area (Å²) in [6.45, 7) is 4.62. The van der Waals surface area contributed by atoms with Crippen molar-refractivity contribution in [3.63, 3.8) is 0 Å². The Morgan fingerprint density at radius 2 is 2.06 bits per heavy atom. The summed E-state index contributed by atoms with van der Waals surface area (Å²) in [5.41, 5.74) is 0.546. The number of halogens is 3. The number of hydrogen-bond donors (Lipinski definition) is 3. The van der Waals surface area contributed by atoms with E-state index in [0.717, 1.165) is 30.4 Å². The number of aliphatic hydroxyl groups is 1. The molecule has 1 aliphatic heterocycles. The molecule has 6 nitrogen and oxygen atoms in total. The first-order valence-corrected chi connectivity index (χ1v) is 12.8. The smallest absolute Gasteiger partial charge is 0.218 e. The molecule has 1 aromatic carbocycles. The van der Waals surface area contributed by atoms with Crippen LogP contribution in [0.2, 0.25) is 5.02 Å². The Morgan fingerprint density at radius 1 is 1.31 bits per heavy atom. The van der Waals surface area contributed by atoms with E-state index in [0.29, 0.717) is 17.9 Å². The van der Waals surface area contributed by atoms with Crippen molar-refractivity contribution in [3.8, 4) is 5.88 Å². The van der Waals surface area contributed by atoms with E-state index < -0.39 is 23.6 Å². The van der Waals surface area contributed by atoms with E-state index in [4.69, 9.17) is 16.3 Å². The van der Waals surface area contributed by atoms with Crippen molar-refractivity contribution in [2.45, 2.75) is 88.8 Å². The molecule has 1 saturated carbocycles. The Morgan fingerprint density at radius 3 is 2.67 bits per heavy atom. The van der Waals surface area contributed by atoms with Crippen molar-refractivity contribution in [2.24, 2.45) is 0 Å². The van der Waals surface area contributed by atoms with Crippen LogP contribution in [0.4, 0.5) is 8.78 Å². The van der Waals surface area contributed by atoms with Gasteiger partial charge in [0.25, 0.3) is 0 Å². The fourth-order valence-corrected chi connectivity index (χ4v) is 5.40. The lowest BCUT2D eigenvalue weighted by molar-refractivity contribution is -0.120. The van der Waals surface area contributed by atoms with E-state index in [2.05, 4.69) is 15.6 Å². The van der Waals surface area contributed by atoms with E-state index in [9.17, 15) is 18.7 Å². The van der Waals surface area contributed by atoms with Crippen LogP contribution in [0.5, 0.6) is 5.88 Å². The summed E-state index contributed by atoms with van der Waals surface area (Å²) >= 11 is 5.98. The van der Waals surface area contributed by atoms with Crippen LogP contribution in [0.15, 0.2) is 30.5 Å². The van der Waals surface area contributed by atoms with Gasteiger partial charge in [-0.15, -0.1) is 0 Å². The van der Waals surface area contributed by atoms with Crippen LogP contribution in [0, 0.1) is 5.82 Å². The third-order valence-electron chi connectivity index (χ3n) is 6.89. The second kappa shape index (κ2) is 10.6. The van der Waals surface area contributed by atoms with Gasteiger partial charge in [0.1, 0.15) is 17.1 Å². The Labute approximate surface area is 215 Å². The van der Waals surface area contributed by atoms with Gasteiger partial charge in [0, 0.05) is 49.1 Å². The van der Waals surface area contributed by atoms with Crippen molar-refractivity contribution in [2.75, 3.05) is 6.54 Å². The third-order valence-corrected chi connectivity index (χ3v) is 7.11. The fourth-order valence-electron chi connectivity index (χ4n) is 5.15. The molecular weight excluding hydrogens is 488 g/mol. The van der Waals surface area contributed by atoms with E-state index in [1.54, 1.807) is 12.3 Å².